The molecule has 0 spiro atoms. The number of aryl methyl sites for hydroxylation is 1. The topological polar surface area (TPSA) is 49.4 Å². The Hall–Kier alpha value is -3.47. The summed E-state index contributed by atoms with van der Waals surface area (Å²) in [6, 6.07) is 23.4. The van der Waals surface area contributed by atoms with Gasteiger partial charge in [-0.05, 0) is 48.6 Å². The van der Waals surface area contributed by atoms with Crippen molar-refractivity contribution >= 4 is 11.8 Å². The Morgan fingerprint density at radius 1 is 0.886 bits per heavy atom. The molecule has 182 valence electrons. The van der Waals surface area contributed by atoms with Gasteiger partial charge in [-0.1, -0.05) is 85.1 Å². The lowest BCUT2D eigenvalue weighted by atomic mass is 10.0. The molecule has 1 unspecified atom stereocenters. The van der Waals surface area contributed by atoms with Crippen LogP contribution in [0, 0.1) is 12.7 Å². The van der Waals surface area contributed by atoms with Gasteiger partial charge in [-0.25, -0.2) is 4.39 Å². The molecule has 5 heteroatoms. The molecule has 1 saturated carbocycles. The number of benzene rings is 3. The fourth-order valence-corrected chi connectivity index (χ4v) is 4.69. The molecule has 0 bridgehead atoms. The fraction of sp³-hybridized carbons (Fsp3) is 0.333. The summed E-state index contributed by atoms with van der Waals surface area (Å²) in [6.45, 7) is 2.35. The number of carbonyl (C=O) groups is 2. The molecule has 1 aliphatic carbocycles. The van der Waals surface area contributed by atoms with E-state index in [1.54, 1.807) is 17.0 Å². The minimum Gasteiger partial charge on any atom is -0.352 e. The summed E-state index contributed by atoms with van der Waals surface area (Å²) in [5, 5.41) is 3.22. The molecule has 0 radical (unpaired) electrons. The van der Waals surface area contributed by atoms with Crippen LogP contribution in [-0.4, -0.2) is 28.8 Å². The first-order valence-electron chi connectivity index (χ1n) is 12.4. The molecule has 4 rings (SSSR count). The van der Waals surface area contributed by atoms with Crippen LogP contribution >= 0.6 is 0 Å². The van der Waals surface area contributed by atoms with Crippen molar-refractivity contribution in [2.45, 2.75) is 64.1 Å². The van der Waals surface area contributed by atoms with E-state index in [1.807, 2.05) is 61.5 Å². The van der Waals surface area contributed by atoms with Crippen molar-refractivity contribution in [2.24, 2.45) is 0 Å². The van der Waals surface area contributed by atoms with Gasteiger partial charge in [-0.3, -0.25) is 9.59 Å². The van der Waals surface area contributed by atoms with Gasteiger partial charge in [0.15, 0.2) is 0 Å². The first-order chi connectivity index (χ1) is 17.0. The summed E-state index contributed by atoms with van der Waals surface area (Å²) in [4.78, 5) is 29.0. The fourth-order valence-electron chi connectivity index (χ4n) is 4.69. The lowest BCUT2D eigenvalue weighted by molar-refractivity contribution is -0.141. The largest absolute Gasteiger partial charge is 0.352 e. The van der Waals surface area contributed by atoms with Gasteiger partial charge in [0.05, 0.1) is 6.42 Å². The van der Waals surface area contributed by atoms with E-state index in [1.165, 1.54) is 12.1 Å². The van der Waals surface area contributed by atoms with Crippen LogP contribution < -0.4 is 5.32 Å². The Morgan fingerprint density at radius 2 is 1.51 bits per heavy atom. The van der Waals surface area contributed by atoms with Crippen molar-refractivity contribution in [1.82, 2.24) is 10.2 Å². The van der Waals surface area contributed by atoms with Crippen molar-refractivity contribution < 1.29 is 14.0 Å². The third-order valence-electron chi connectivity index (χ3n) is 6.71. The van der Waals surface area contributed by atoms with Crippen molar-refractivity contribution in [3.63, 3.8) is 0 Å². The predicted octanol–water partition coefficient (Wildman–Crippen LogP) is 5.38. The van der Waals surface area contributed by atoms with Gasteiger partial charge in [0.1, 0.15) is 11.9 Å². The molecule has 4 nitrogen and oxygen atoms in total. The number of nitrogens with zero attached hydrogens (tertiary/aromatic N) is 1. The molecule has 0 aliphatic heterocycles. The number of hydrogen-bond donors (Lipinski definition) is 1. The van der Waals surface area contributed by atoms with Crippen LogP contribution in [0.25, 0.3) is 0 Å². The van der Waals surface area contributed by atoms with E-state index in [0.717, 1.165) is 47.9 Å². The lowest BCUT2D eigenvalue weighted by Crippen LogP contribution is -2.52. The monoisotopic (exact) mass is 472 g/mol. The molecule has 35 heavy (non-hydrogen) atoms. The molecule has 3 aromatic rings. The standard InChI is InChI=1S/C30H33FN2O2/c1-22-11-13-25(14-12-22)21-33(29(34)20-24-15-17-26(31)18-16-24)28(19-23-7-3-2-4-8-23)30(35)32-27-9-5-6-10-27/h2-4,7-8,11-18,27-28H,5-6,9-10,19-21H2,1H3,(H,32,35). The van der Waals surface area contributed by atoms with Crippen LogP contribution in [0.15, 0.2) is 78.9 Å². The highest BCUT2D eigenvalue weighted by atomic mass is 19.1. The van der Waals surface area contributed by atoms with E-state index in [-0.39, 0.29) is 30.1 Å². The second-order valence-corrected chi connectivity index (χ2v) is 9.51. The Kier molecular flexibility index (Phi) is 8.30. The Bertz CT molecular complexity index is 1110. The highest BCUT2D eigenvalue weighted by Crippen LogP contribution is 2.21. The van der Waals surface area contributed by atoms with Crippen LogP contribution in [0.4, 0.5) is 4.39 Å². The second kappa shape index (κ2) is 11.8. The van der Waals surface area contributed by atoms with Crippen LogP contribution in [0.5, 0.6) is 0 Å². The molecular formula is C30H33FN2O2. The third-order valence-corrected chi connectivity index (χ3v) is 6.71. The lowest BCUT2D eigenvalue weighted by Gasteiger charge is -2.32. The molecule has 1 atom stereocenters. The first-order valence-corrected chi connectivity index (χ1v) is 12.4. The van der Waals surface area contributed by atoms with E-state index in [0.29, 0.717) is 13.0 Å². The summed E-state index contributed by atoms with van der Waals surface area (Å²) in [6.07, 6.45) is 4.72. The Morgan fingerprint density at radius 3 is 2.17 bits per heavy atom. The molecule has 0 heterocycles. The number of rotatable bonds is 9. The van der Waals surface area contributed by atoms with Crippen molar-refractivity contribution in [3.05, 3.63) is 107 Å². The molecule has 0 aromatic heterocycles. The number of nitrogens with one attached hydrogen (secondary N) is 1. The summed E-state index contributed by atoms with van der Waals surface area (Å²) in [7, 11) is 0. The van der Waals surface area contributed by atoms with Crippen molar-refractivity contribution in [2.75, 3.05) is 0 Å². The van der Waals surface area contributed by atoms with Gasteiger partial charge in [0.2, 0.25) is 11.8 Å². The number of hydrogen-bond acceptors (Lipinski definition) is 2. The zero-order valence-corrected chi connectivity index (χ0v) is 20.3. The van der Waals surface area contributed by atoms with Crippen molar-refractivity contribution in [1.29, 1.82) is 0 Å². The first kappa shape index (κ1) is 24.6. The highest BCUT2D eigenvalue weighted by molar-refractivity contribution is 5.89. The van der Waals surface area contributed by atoms with E-state index >= 15 is 0 Å². The summed E-state index contributed by atoms with van der Waals surface area (Å²) in [5.74, 6) is -0.601. The van der Waals surface area contributed by atoms with Gasteiger partial charge in [-0.2, -0.15) is 0 Å². The maximum atomic E-state index is 13.7. The quantitative estimate of drug-likeness (QED) is 0.455. The Labute approximate surface area is 207 Å². The van der Waals surface area contributed by atoms with Gasteiger partial charge in [0, 0.05) is 19.0 Å². The summed E-state index contributed by atoms with van der Waals surface area (Å²) in [5.41, 5.74) is 3.83. The molecule has 0 saturated heterocycles. The number of amides is 2. The predicted molar refractivity (Wildman–Crippen MR) is 136 cm³/mol. The SMILES string of the molecule is Cc1ccc(CN(C(=O)Cc2ccc(F)cc2)C(Cc2ccccc2)C(=O)NC2CCCC2)cc1. The zero-order valence-electron chi connectivity index (χ0n) is 20.3. The molecule has 1 aliphatic rings. The van der Waals surface area contributed by atoms with Crippen LogP contribution in [-0.2, 0) is 29.0 Å². The average Bonchev–Trinajstić information content (AvgIpc) is 3.37. The molecule has 1 N–H and O–H groups in total. The van der Waals surface area contributed by atoms with Gasteiger partial charge in [0.25, 0.3) is 0 Å². The highest BCUT2D eigenvalue weighted by Gasteiger charge is 2.32. The van der Waals surface area contributed by atoms with E-state index in [9.17, 15) is 14.0 Å². The maximum Gasteiger partial charge on any atom is 0.243 e. The van der Waals surface area contributed by atoms with E-state index < -0.39 is 6.04 Å². The van der Waals surface area contributed by atoms with Crippen LogP contribution in [0.3, 0.4) is 0 Å². The molecule has 3 aromatic carbocycles. The maximum absolute atomic E-state index is 13.7. The van der Waals surface area contributed by atoms with Gasteiger partial charge >= 0.3 is 0 Å². The van der Waals surface area contributed by atoms with E-state index in [2.05, 4.69) is 5.32 Å². The van der Waals surface area contributed by atoms with Gasteiger partial charge < -0.3 is 10.2 Å². The summed E-state index contributed by atoms with van der Waals surface area (Å²) >= 11 is 0. The molecule has 1 fully saturated rings. The van der Waals surface area contributed by atoms with Crippen LogP contribution in [0.2, 0.25) is 0 Å². The normalized spacial score (nSPS) is 14.5. The summed E-state index contributed by atoms with van der Waals surface area (Å²) < 4.78 is 13.4. The van der Waals surface area contributed by atoms with Gasteiger partial charge in [-0.15, -0.1) is 0 Å². The Balaban J connectivity index is 1.64. The van der Waals surface area contributed by atoms with E-state index in [4.69, 9.17) is 0 Å². The smallest absolute Gasteiger partial charge is 0.243 e. The average molecular weight is 473 g/mol. The van der Waals surface area contributed by atoms with Crippen LogP contribution in [0.1, 0.15) is 47.9 Å². The van der Waals surface area contributed by atoms with Crippen molar-refractivity contribution in [3.8, 4) is 0 Å². The third kappa shape index (κ3) is 7.01. The second-order valence-electron chi connectivity index (χ2n) is 9.51. The number of halogens is 1. The zero-order chi connectivity index (χ0) is 24.6. The minimum atomic E-state index is -0.646. The molecule has 2 amide bonds. The number of carbonyl (C=O) groups excluding carboxylic acids is 2. The molecular weight excluding hydrogens is 439 g/mol. The minimum absolute atomic E-state index is 0.105.